The van der Waals surface area contributed by atoms with Crippen LogP contribution in [0, 0.1) is 13.8 Å². The Bertz CT molecular complexity index is 303. The molecule has 0 saturated carbocycles. The SMILES string of the molecule is Cc1ccc(C)c(C(=O)CO)c1. The van der Waals surface area contributed by atoms with E-state index in [4.69, 9.17) is 5.11 Å². The summed E-state index contributed by atoms with van der Waals surface area (Å²) in [6.45, 7) is 3.38. The van der Waals surface area contributed by atoms with Crippen LogP contribution in [-0.4, -0.2) is 17.5 Å². The summed E-state index contributed by atoms with van der Waals surface area (Å²) in [5, 5.41) is 8.65. The Balaban J connectivity index is 3.13. The molecular formula is C10H12O2. The van der Waals surface area contributed by atoms with Crippen molar-refractivity contribution in [3.05, 3.63) is 34.9 Å². The number of Topliss-reactive ketones (excluding diaryl/α,β-unsaturated/α-hetero) is 1. The third kappa shape index (κ3) is 1.71. The second-order valence-electron chi connectivity index (χ2n) is 2.90. The number of rotatable bonds is 2. The van der Waals surface area contributed by atoms with E-state index in [9.17, 15) is 4.79 Å². The van der Waals surface area contributed by atoms with Gasteiger partial charge in [0, 0.05) is 5.56 Å². The van der Waals surface area contributed by atoms with Crippen molar-refractivity contribution in [2.24, 2.45) is 0 Å². The van der Waals surface area contributed by atoms with Gasteiger partial charge in [0.25, 0.3) is 0 Å². The molecule has 2 heteroatoms. The number of ketones is 1. The van der Waals surface area contributed by atoms with Crippen molar-refractivity contribution in [2.75, 3.05) is 6.61 Å². The van der Waals surface area contributed by atoms with E-state index in [0.29, 0.717) is 5.56 Å². The lowest BCUT2D eigenvalue weighted by atomic mass is 10.0. The minimum atomic E-state index is -0.412. The molecule has 0 amide bonds. The molecule has 0 unspecified atom stereocenters. The minimum Gasteiger partial charge on any atom is -0.388 e. The zero-order chi connectivity index (χ0) is 9.14. The summed E-state index contributed by atoms with van der Waals surface area (Å²) in [7, 11) is 0. The summed E-state index contributed by atoms with van der Waals surface area (Å²) in [6.07, 6.45) is 0. The molecule has 0 aliphatic rings. The fraction of sp³-hybridized carbons (Fsp3) is 0.300. The van der Waals surface area contributed by atoms with Gasteiger partial charge in [0.1, 0.15) is 6.61 Å². The molecule has 0 saturated heterocycles. The number of aliphatic hydroxyl groups is 1. The molecule has 64 valence electrons. The molecule has 0 heterocycles. The molecule has 0 radical (unpaired) electrons. The third-order valence-corrected chi connectivity index (χ3v) is 1.84. The van der Waals surface area contributed by atoms with Gasteiger partial charge in [-0.2, -0.15) is 0 Å². The fourth-order valence-corrected chi connectivity index (χ4v) is 1.12. The first-order valence-corrected chi connectivity index (χ1v) is 3.86. The first kappa shape index (κ1) is 8.94. The molecule has 1 aromatic carbocycles. The summed E-state index contributed by atoms with van der Waals surface area (Å²) >= 11 is 0. The molecule has 0 aromatic heterocycles. The topological polar surface area (TPSA) is 37.3 Å². The predicted molar refractivity (Wildman–Crippen MR) is 47.3 cm³/mol. The molecule has 0 atom stereocenters. The Kier molecular flexibility index (Phi) is 2.61. The molecule has 2 nitrogen and oxygen atoms in total. The molecule has 0 spiro atoms. The van der Waals surface area contributed by atoms with Crippen LogP contribution >= 0.6 is 0 Å². The molecule has 0 fully saturated rings. The number of aliphatic hydroxyl groups excluding tert-OH is 1. The second-order valence-corrected chi connectivity index (χ2v) is 2.90. The largest absolute Gasteiger partial charge is 0.388 e. The Morgan fingerprint density at radius 2 is 2.08 bits per heavy atom. The summed E-state index contributed by atoms with van der Waals surface area (Å²) < 4.78 is 0. The third-order valence-electron chi connectivity index (χ3n) is 1.84. The number of carbonyl (C=O) groups is 1. The van der Waals surface area contributed by atoms with Gasteiger partial charge in [-0.25, -0.2) is 0 Å². The number of hydrogen-bond donors (Lipinski definition) is 1. The zero-order valence-corrected chi connectivity index (χ0v) is 7.29. The Labute approximate surface area is 71.8 Å². The van der Waals surface area contributed by atoms with E-state index in [1.807, 2.05) is 26.0 Å². The van der Waals surface area contributed by atoms with Crippen LogP contribution in [0.3, 0.4) is 0 Å². The average molecular weight is 164 g/mol. The van der Waals surface area contributed by atoms with Crippen molar-refractivity contribution >= 4 is 5.78 Å². The normalized spacial score (nSPS) is 9.92. The molecule has 1 rings (SSSR count). The highest BCUT2D eigenvalue weighted by Gasteiger charge is 2.06. The molecule has 1 aromatic rings. The van der Waals surface area contributed by atoms with Crippen LogP contribution in [0.5, 0.6) is 0 Å². The van der Waals surface area contributed by atoms with Gasteiger partial charge in [0.15, 0.2) is 5.78 Å². The van der Waals surface area contributed by atoms with E-state index in [1.165, 1.54) is 0 Å². The zero-order valence-electron chi connectivity index (χ0n) is 7.29. The summed E-state index contributed by atoms with van der Waals surface area (Å²) in [6, 6.07) is 5.63. The predicted octanol–water partition coefficient (Wildman–Crippen LogP) is 1.48. The lowest BCUT2D eigenvalue weighted by Gasteiger charge is -2.03. The van der Waals surface area contributed by atoms with Crippen LogP contribution in [-0.2, 0) is 0 Å². The van der Waals surface area contributed by atoms with Crippen molar-refractivity contribution in [3.63, 3.8) is 0 Å². The highest BCUT2D eigenvalue weighted by atomic mass is 16.3. The van der Waals surface area contributed by atoms with E-state index in [1.54, 1.807) is 6.07 Å². The number of hydrogen-bond acceptors (Lipinski definition) is 2. The summed E-state index contributed by atoms with van der Waals surface area (Å²) in [5.74, 6) is -0.212. The second kappa shape index (κ2) is 3.50. The fourth-order valence-electron chi connectivity index (χ4n) is 1.12. The maximum Gasteiger partial charge on any atom is 0.188 e. The number of carbonyl (C=O) groups excluding carboxylic acids is 1. The van der Waals surface area contributed by atoms with Crippen LogP contribution in [0.4, 0.5) is 0 Å². The molecule has 12 heavy (non-hydrogen) atoms. The van der Waals surface area contributed by atoms with Gasteiger partial charge in [-0.1, -0.05) is 17.7 Å². The van der Waals surface area contributed by atoms with Crippen molar-refractivity contribution in [1.29, 1.82) is 0 Å². The van der Waals surface area contributed by atoms with Crippen LogP contribution in [0.25, 0.3) is 0 Å². The van der Waals surface area contributed by atoms with Gasteiger partial charge in [-0.3, -0.25) is 4.79 Å². The van der Waals surface area contributed by atoms with Gasteiger partial charge < -0.3 is 5.11 Å². The van der Waals surface area contributed by atoms with Crippen LogP contribution in [0.1, 0.15) is 21.5 Å². The molecule has 0 aliphatic carbocycles. The van der Waals surface area contributed by atoms with E-state index in [-0.39, 0.29) is 5.78 Å². The van der Waals surface area contributed by atoms with Crippen LogP contribution in [0.2, 0.25) is 0 Å². The van der Waals surface area contributed by atoms with E-state index < -0.39 is 6.61 Å². The van der Waals surface area contributed by atoms with Crippen LogP contribution < -0.4 is 0 Å². The average Bonchev–Trinajstić information content (AvgIpc) is 2.08. The standard InChI is InChI=1S/C10H12O2/c1-7-3-4-8(2)9(5-7)10(12)6-11/h3-5,11H,6H2,1-2H3. The van der Waals surface area contributed by atoms with Gasteiger partial charge >= 0.3 is 0 Å². The van der Waals surface area contributed by atoms with Crippen molar-refractivity contribution in [2.45, 2.75) is 13.8 Å². The first-order valence-electron chi connectivity index (χ1n) is 3.86. The molecule has 0 bridgehead atoms. The highest BCUT2D eigenvalue weighted by Crippen LogP contribution is 2.10. The smallest absolute Gasteiger partial charge is 0.188 e. The Hall–Kier alpha value is -1.15. The van der Waals surface area contributed by atoms with Gasteiger partial charge in [0.2, 0.25) is 0 Å². The molecular weight excluding hydrogens is 152 g/mol. The van der Waals surface area contributed by atoms with Crippen molar-refractivity contribution < 1.29 is 9.90 Å². The monoisotopic (exact) mass is 164 g/mol. The van der Waals surface area contributed by atoms with Crippen molar-refractivity contribution in [1.82, 2.24) is 0 Å². The summed E-state index contributed by atoms with van der Waals surface area (Å²) in [4.78, 5) is 11.1. The molecule has 1 N–H and O–H groups in total. The lowest BCUT2D eigenvalue weighted by molar-refractivity contribution is 0.0903. The first-order chi connectivity index (χ1) is 5.65. The quantitative estimate of drug-likeness (QED) is 0.672. The van der Waals surface area contributed by atoms with Gasteiger partial charge in [0.05, 0.1) is 0 Å². The number of aryl methyl sites for hydroxylation is 2. The maximum absolute atomic E-state index is 11.1. The maximum atomic E-state index is 11.1. The van der Waals surface area contributed by atoms with E-state index >= 15 is 0 Å². The number of benzene rings is 1. The summed E-state index contributed by atoms with van der Waals surface area (Å²) in [5.41, 5.74) is 2.58. The minimum absolute atomic E-state index is 0.212. The Morgan fingerprint density at radius 1 is 1.42 bits per heavy atom. The van der Waals surface area contributed by atoms with E-state index in [0.717, 1.165) is 11.1 Å². The Morgan fingerprint density at radius 3 is 2.67 bits per heavy atom. The van der Waals surface area contributed by atoms with Gasteiger partial charge in [-0.05, 0) is 25.5 Å². The van der Waals surface area contributed by atoms with Crippen molar-refractivity contribution in [3.8, 4) is 0 Å². The lowest BCUT2D eigenvalue weighted by Crippen LogP contribution is -2.06. The van der Waals surface area contributed by atoms with E-state index in [2.05, 4.69) is 0 Å². The molecule has 0 aliphatic heterocycles. The highest BCUT2D eigenvalue weighted by molar-refractivity contribution is 5.98. The van der Waals surface area contributed by atoms with Crippen LogP contribution in [0.15, 0.2) is 18.2 Å². The van der Waals surface area contributed by atoms with Gasteiger partial charge in [-0.15, -0.1) is 0 Å².